The van der Waals surface area contributed by atoms with Crippen molar-refractivity contribution >= 4 is 17.5 Å². The number of nitrogens with one attached hydrogen (secondary N) is 1. The van der Waals surface area contributed by atoms with Crippen LogP contribution in [0.4, 0.5) is 0 Å². The smallest absolute Gasteiger partial charge is 0.235 e. The molecule has 0 spiro atoms. The minimum atomic E-state index is -0.152. The molecule has 19 heavy (non-hydrogen) atoms. The van der Waals surface area contributed by atoms with Crippen LogP contribution in [0.3, 0.4) is 0 Å². The molecule has 1 atom stereocenters. The Bertz CT molecular complexity index is 536. The maximum absolute atomic E-state index is 11.2. The predicted octanol–water partition coefficient (Wildman–Crippen LogP) is 3.77. The monoisotopic (exact) mass is 273 g/mol. The van der Waals surface area contributed by atoms with Crippen LogP contribution >= 0.6 is 11.6 Å². The summed E-state index contributed by atoms with van der Waals surface area (Å²) in [5, 5.41) is 2.83. The van der Waals surface area contributed by atoms with Crippen LogP contribution in [0.2, 0.25) is 0 Å². The van der Waals surface area contributed by atoms with E-state index in [1.807, 2.05) is 37.3 Å². The van der Waals surface area contributed by atoms with E-state index in [0.29, 0.717) is 0 Å². The van der Waals surface area contributed by atoms with E-state index in [1.165, 1.54) is 11.1 Å². The zero-order chi connectivity index (χ0) is 13.7. The van der Waals surface area contributed by atoms with Gasteiger partial charge in [0.25, 0.3) is 0 Å². The lowest BCUT2D eigenvalue weighted by molar-refractivity contribution is -0.119. The molecule has 1 amide bonds. The number of carbonyl (C=O) groups excluding carboxylic acids is 1. The average Bonchev–Trinajstić information content (AvgIpc) is 2.48. The van der Waals surface area contributed by atoms with Crippen LogP contribution in [0.1, 0.15) is 18.5 Å². The van der Waals surface area contributed by atoms with Gasteiger partial charge in [0.15, 0.2) is 0 Å². The van der Waals surface area contributed by atoms with Crippen molar-refractivity contribution in [2.75, 3.05) is 5.88 Å². The molecule has 98 valence electrons. The Labute approximate surface area is 118 Å². The minimum absolute atomic E-state index is 0.00750. The van der Waals surface area contributed by atoms with Gasteiger partial charge >= 0.3 is 0 Å². The summed E-state index contributed by atoms with van der Waals surface area (Å²) >= 11 is 5.48. The summed E-state index contributed by atoms with van der Waals surface area (Å²) in [4.78, 5) is 11.2. The summed E-state index contributed by atoms with van der Waals surface area (Å²) in [7, 11) is 0. The Kier molecular flexibility index (Phi) is 4.58. The van der Waals surface area contributed by atoms with E-state index in [0.717, 1.165) is 5.56 Å². The quantitative estimate of drug-likeness (QED) is 0.844. The molecule has 0 radical (unpaired) electrons. The van der Waals surface area contributed by atoms with Crippen molar-refractivity contribution in [3.05, 3.63) is 60.2 Å². The van der Waals surface area contributed by atoms with Crippen LogP contribution in [-0.2, 0) is 4.79 Å². The average molecular weight is 274 g/mol. The van der Waals surface area contributed by atoms with Crippen LogP contribution in [0.5, 0.6) is 0 Å². The lowest BCUT2D eigenvalue weighted by atomic mass is 10.0. The number of hydrogen-bond acceptors (Lipinski definition) is 1. The number of benzene rings is 2. The van der Waals surface area contributed by atoms with Gasteiger partial charge in [-0.05, 0) is 23.6 Å². The maximum Gasteiger partial charge on any atom is 0.235 e. The standard InChI is InChI=1S/C16H16ClNO/c1-12(18-16(19)11-17)13-7-9-15(10-8-13)14-5-3-2-4-6-14/h2-10,12H,11H2,1H3,(H,18,19). The maximum atomic E-state index is 11.2. The van der Waals surface area contributed by atoms with Crippen molar-refractivity contribution in [2.24, 2.45) is 0 Å². The third-order valence-electron chi connectivity index (χ3n) is 3.02. The molecular formula is C16H16ClNO. The second-order valence-corrected chi connectivity index (χ2v) is 4.68. The number of carbonyl (C=O) groups is 1. The van der Waals surface area contributed by atoms with E-state index < -0.39 is 0 Å². The summed E-state index contributed by atoms with van der Waals surface area (Å²) in [6, 6.07) is 18.4. The Morgan fingerprint density at radius 2 is 1.63 bits per heavy atom. The first-order valence-electron chi connectivity index (χ1n) is 6.21. The lowest BCUT2D eigenvalue weighted by Crippen LogP contribution is -2.27. The molecule has 0 aliphatic heterocycles. The van der Waals surface area contributed by atoms with Gasteiger partial charge in [-0.15, -0.1) is 11.6 Å². The molecule has 0 bridgehead atoms. The molecule has 0 aliphatic carbocycles. The number of halogens is 1. The highest BCUT2D eigenvalue weighted by Gasteiger charge is 2.08. The zero-order valence-electron chi connectivity index (χ0n) is 10.8. The summed E-state index contributed by atoms with van der Waals surface area (Å²) in [5.74, 6) is -0.159. The van der Waals surface area contributed by atoms with Gasteiger partial charge in [-0.25, -0.2) is 0 Å². The molecular weight excluding hydrogens is 258 g/mol. The summed E-state index contributed by atoms with van der Waals surface area (Å²) in [6.45, 7) is 1.95. The first-order chi connectivity index (χ1) is 9.20. The Balaban J connectivity index is 2.12. The van der Waals surface area contributed by atoms with Gasteiger partial charge in [0.2, 0.25) is 5.91 Å². The lowest BCUT2D eigenvalue weighted by Gasteiger charge is -2.14. The van der Waals surface area contributed by atoms with Gasteiger partial charge in [-0.3, -0.25) is 4.79 Å². The number of rotatable bonds is 4. The molecule has 0 heterocycles. The topological polar surface area (TPSA) is 29.1 Å². The second kappa shape index (κ2) is 6.39. The van der Waals surface area contributed by atoms with Crippen LogP contribution in [0.25, 0.3) is 11.1 Å². The van der Waals surface area contributed by atoms with Crippen molar-refractivity contribution in [1.82, 2.24) is 5.32 Å². The van der Waals surface area contributed by atoms with Gasteiger partial charge in [0.05, 0.1) is 6.04 Å². The van der Waals surface area contributed by atoms with Crippen LogP contribution in [0, 0.1) is 0 Å². The highest BCUT2D eigenvalue weighted by molar-refractivity contribution is 6.27. The van der Waals surface area contributed by atoms with E-state index >= 15 is 0 Å². The number of hydrogen-bond donors (Lipinski definition) is 1. The molecule has 2 nitrogen and oxygen atoms in total. The van der Waals surface area contributed by atoms with Crippen molar-refractivity contribution in [2.45, 2.75) is 13.0 Å². The largest absolute Gasteiger partial charge is 0.349 e. The van der Waals surface area contributed by atoms with E-state index in [-0.39, 0.29) is 17.8 Å². The van der Waals surface area contributed by atoms with Crippen LogP contribution < -0.4 is 5.32 Å². The van der Waals surface area contributed by atoms with Gasteiger partial charge in [0.1, 0.15) is 5.88 Å². The first kappa shape index (κ1) is 13.6. The molecule has 2 aromatic carbocycles. The number of alkyl halides is 1. The van der Waals surface area contributed by atoms with E-state index in [9.17, 15) is 4.79 Å². The fourth-order valence-electron chi connectivity index (χ4n) is 1.96. The first-order valence-corrected chi connectivity index (χ1v) is 6.75. The Hall–Kier alpha value is -1.80. The summed E-state index contributed by atoms with van der Waals surface area (Å²) in [5.41, 5.74) is 3.42. The molecule has 0 aliphatic rings. The molecule has 0 fully saturated rings. The minimum Gasteiger partial charge on any atom is -0.349 e. The second-order valence-electron chi connectivity index (χ2n) is 4.41. The van der Waals surface area contributed by atoms with Crippen molar-refractivity contribution < 1.29 is 4.79 Å². The van der Waals surface area contributed by atoms with Crippen molar-refractivity contribution in [3.8, 4) is 11.1 Å². The SMILES string of the molecule is CC(NC(=O)CCl)c1ccc(-c2ccccc2)cc1. The highest BCUT2D eigenvalue weighted by atomic mass is 35.5. The molecule has 0 aromatic heterocycles. The molecule has 0 saturated heterocycles. The molecule has 1 N–H and O–H groups in total. The highest BCUT2D eigenvalue weighted by Crippen LogP contribution is 2.21. The summed E-state index contributed by atoms with van der Waals surface area (Å²) in [6.07, 6.45) is 0. The van der Waals surface area contributed by atoms with Gasteiger partial charge in [0, 0.05) is 0 Å². The molecule has 2 aromatic rings. The van der Waals surface area contributed by atoms with Crippen molar-refractivity contribution in [3.63, 3.8) is 0 Å². The Morgan fingerprint density at radius 1 is 1.05 bits per heavy atom. The van der Waals surface area contributed by atoms with Gasteiger partial charge < -0.3 is 5.32 Å². The van der Waals surface area contributed by atoms with E-state index in [1.54, 1.807) is 0 Å². The van der Waals surface area contributed by atoms with Gasteiger partial charge in [-0.2, -0.15) is 0 Å². The summed E-state index contributed by atoms with van der Waals surface area (Å²) < 4.78 is 0. The molecule has 2 rings (SSSR count). The van der Waals surface area contributed by atoms with Crippen molar-refractivity contribution in [1.29, 1.82) is 0 Å². The zero-order valence-corrected chi connectivity index (χ0v) is 11.5. The molecule has 0 saturated carbocycles. The number of amides is 1. The predicted molar refractivity (Wildman–Crippen MR) is 79.2 cm³/mol. The van der Waals surface area contributed by atoms with Gasteiger partial charge in [-0.1, -0.05) is 54.6 Å². The van der Waals surface area contributed by atoms with E-state index in [2.05, 4.69) is 29.6 Å². The third-order valence-corrected chi connectivity index (χ3v) is 3.26. The van der Waals surface area contributed by atoms with E-state index in [4.69, 9.17) is 11.6 Å². The Morgan fingerprint density at radius 3 is 2.21 bits per heavy atom. The molecule has 3 heteroatoms. The fourth-order valence-corrected chi connectivity index (χ4v) is 2.04. The fraction of sp³-hybridized carbons (Fsp3) is 0.188. The normalized spacial score (nSPS) is 11.9. The van der Waals surface area contributed by atoms with Crippen LogP contribution in [0.15, 0.2) is 54.6 Å². The van der Waals surface area contributed by atoms with Crippen LogP contribution in [-0.4, -0.2) is 11.8 Å². The molecule has 1 unspecified atom stereocenters. The third kappa shape index (κ3) is 3.58.